The summed E-state index contributed by atoms with van der Waals surface area (Å²) in [6.45, 7) is -1.74. The SMILES string of the molecule is Nc1nc2c(ncn2[C@@H]2O[C@H]3COP(=O)(O)O[C@H]4[C@@H](O)[C@H](n5cnc6c(=O)[nH]c(N)nc65)O[C@@H]4COP(=O)(O)O[C@H]3[C@H]2O)c(=O)[nH]1. The number of aromatic nitrogens is 8. The van der Waals surface area contributed by atoms with Crippen molar-refractivity contribution in [2.24, 2.45) is 0 Å². The van der Waals surface area contributed by atoms with Gasteiger partial charge < -0.3 is 40.9 Å². The molecule has 0 saturated carbocycles. The van der Waals surface area contributed by atoms with E-state index in [1.54, 1.807) is 0 Å². The maximum atomic E-state index is 13.1. The first-order valence-electron chi connectivity index (χ1n) is 13.1. The number of hydrogen-bond acceptors (Lipinski definition) is 18. The van der Waals surface area contributed by atoms with Gasteiger partial charge in [-0.05, 0) is 0 Å². The standard InChI is InChI=1S/C20H24N10O14P2/c21-19-25-13-7(15(33)27-19)23-3-29(13)17-9(31)11-5(41-17)1-39-45(35,36)44-12-6(2-40-46(37,38)43-11)42-18(10(12)32)30-4-24-8-14(30)26-20(22)28-16(8)34/h3-6,9-12,17-18,31-32H,1-2H2,(H,35,36)(H,37,38)(H3,21,25,27,33)(H3,22,26,28,34)/t5-,6+,9-,10-,11-,12-,17-,18-/m1/s1. The molecular formula is C20H24N10O14P2. The molecule has 0 bridgehead atoms. The van der Waals surface area contributed by atoms with Crippen LogP contribution in [0.3, 0.4) is 0 Å². The number of fused-ring (bicyclic) bond motifs is 4. The molecule has 10 N–H and O–H groups in total. The largest absolute Gasteiger partial charge is 0.472 e. The second kappa shape index (κ2) is 11.0. The highest BCUT2D eigenvalue weighted by Gasteiger charge is 2.54. The van der Waals surface area contributed by atoms with Gasteiger partial charge in [0.15, 0.2) is 34.8 Å². The van der Waals surface area contributed by atoms with E-state index in [0.29, 0.717) is 0 Å². The van der Waals surface area contributed by atoms with E-state index in [4.69, 9.17) is 39.0 Å². The number of H-pyrrole nitrogens is 2. The number of imidazole rings is 2. The van der Waals surface area contributed by atoms with Gasteiger partial charge in [-0.2, -0.15) is 9.97 Å². The number of phosphoric acid groups is 2. The van der Waals surface area contributed by atoms with Crippen LogP contribution in [-0.2, 0) is 36.7 Å². The lowest BCUT2D eigenvalue weighted by atomic mass is 10.1. The first-order chi connectivity index (χ1) is 21.7. The number of rotatable bonds is 2. The third kappa shape index (κ3) is 5.33. The Bertz CT molecular complexity index is 1900. The second-order valence-electron chi connectivity index (χ2n) is 10.3. The van der Waals surface area contributed by atoms with Gasteiger partial charge in [0, 0.05) is 0 Å². The van der Waals surface area contributed by atoms with Gasteiger partial charge in [0.1, 0.15) is 36.6 Å². The van der Waals surface area contributed by atoms with Gasteiger partial charge in [0.2, 0.25) is 11.9 Å². The summed E-state index contributed by atoms with van der Waals surface area (Å²) in [6.07, 6.45) is -10.9. The van der Waals surface area contributed by atoms with E-state index in [9.17, 15) is 38.7 Å². The highest BCUT2D eigenvalue weighted by Crippen LogP contribution is 2.53. The number of anilines is 2. The molecule has 0 aromatic carbocycles. The number of hydrogen-bond donors (Lipinski definition) is 8. The molecule has 0 aliphatic carbocycles. The van der Waals surface area contributed by atoms with Gasteiger partial charge in [0.25, 0.3) is 11.1 Å². The van der Waals surface area contributed by atoms with E-state index in [2.05, 4.69) is 29.9 Å². The van der Waals surface area contributed by atoms with Crippen molar-refractivity contribution in [1.82, 2.24) is 39.0 Å². The Balaban J connectivity index is 1.18. The van der Waals surface area contributed by atoms with Crippen LogP contribution in [0.4, 0.5) is 11.9 Å². The Morgan fingerprint density at radius 1 is 0.761 bits per heavy atom. The molecule has 10 atom stereocenters. The molecule has 24 nitrogen and oxygen atoms in total. The molecule has 0 spiro atoms. The number of ether oxygens (including phenoxy) is 2. The Morgan fingerprint density at radius 3 is 1.54 bits per heavy atom. The molecule has 0 amide bonds. The minimum absolute atomic E-state index is 0.121. The quantitative estimate of drug-likeness (QED) is 0.0968. The van der Waals surface area contributed by atoms with Crippen LogP contribution in [0.1, 0.15) is 12.5 Å². The zero-order valence-electron chi connectivity index (χ0n) is 22.8. The monoisotopic (exact) mass is 690 g/mol. The summed E-state index contributed by atoms with van der Waals surface area (Å²) in [7, 11) is -10.2. The minimum atomic E-state index is -5.10. The maximum Gasteiger partial charge on any atom is 0.472 e. The molecule has 2 unspecified atom stereocenters. The van der Waals surface area contributed by atoms with Crippen molar-refractivity contribution in [2.45, 2.75) is 49.1 Å². The highest BCUT2D eigenvalue weighted by atomic mass is 31.2. The number of aliphatic hydroxyl groups is 2. The summed E-state index contributed by atoms with van der Waals surface area (Å²) in [5, 5.41) is 22.2. The van der Waals surface area contributed by atoms with Crippen LogP contribution in [-0.4, -0.2) is 109 Å². The van der Waals surface area contributed by atoms with Crippen molar-refractivity contribution >= 4 is 49.9 Å². The molecule has 4 aromatic rings. The van der Waals surface area contributed by atoms with Gasteiger partial charge in [-0.1, -0.05) is 0 Å². The predicted octanol–water partition coefficient (Wildman–Crippen LogP) is -3.05. The molecular weight excluding hydrogens is 666 g/mol. The van der Waals surface area contributed by atoms with Gasteiger partial charge >= 0.3 is 15.6 Å². The molecule has 248 valence electrons. The van der Waals surface area contributed by atoms with Crippen LogP contribution in [0.2, 0.25) is 0 Å². The summed E-state index contributed by atoms with van der Waals surface area (Å²) >= 11 is 0. The highest BCUT2D eigenvalue weighted by molar-refractivity contribution is 7.47. The van der Waals surface area contributed by atoms with E-state index in [0.717, 1.165) is 21.8 Å². The first-order valence-corrected chi connectivity index (χ1v) is 16.1. The second-order valence-corrected chi connectivity index (χ2v) is 13.1. The van der Waals surface area contributed by atoms with Gasteiger partial charge in [-0.15, -0.1) is 0 Å². The van der Waals surface area contributed by atoms with Gasteiger partial charge in [0.05, 0.1) is 25.9 Å². The lowest BCUT2D eigenvalue weighted by Crippen LogP contribution is -2.39. The predicted molar refractivity (Wildman–Crippen MR) is 146 cm³/mol. The Morgan fingerprint density at radius 2 is 1.15 bits per heavy atom. The van der Waals surface area contributed by atoms with E-state index in [1.165, 1.54) is 0 Å². The number of nitrogens with two attached hydrogens (primary N) is 2. The molecule has 7 rings (SSSR count). The molecule has 0 radical (unpaired) electrons. The van der Waals surface area contributed by atoms with Crippen molar-refractivity contribution in [2.75, 3.05) is 24.7 Å². The summed E-state index contributed by atoms with van der Waals surface area (Å²) in [6, 6.07) is 0. The van der Waals surface area contributed by atoms with Crippen LogP contribution in [0.25, 0.3) is 22.3 Å². The van der Waals surface area contributed by atoms with Crippen LogP contribution in [0.15, 0.2) is 22.2 Å². The topological polar surface area (TPSA) is 350 Å². The molecule has 3 fully saturated rings. The van der Waals surface area contributed by atoms with Gasteiger partial charge in [-0.25, -0.2) is 19.1 Å². The van der Waals surface area contributed by atoms with E-state index < -0.39 is 89.1 Å². The zero-order chi connectivity index (χ0) is 32.7. The van der Waals surface area contributed by atoms with Gasteiger partial charge in [-0.3, -0.25) is 46.8 Å². The van der Waals surface area contributed by atoms with Crippen LogP contribution in [0, 0.1) is 0 Å². The van der Waals surface area contributed by atoms with Crippen molar-refractivity contribution in [3.05, 3.63) is 33.4 Å². The number of nitrogens with zero attached hydrogens (tertiary/aromatic N) is 6. The summed E-state index contributed by atoms with van der Waals surface area (Å²) in [5.41, 5.74) is 9.28. The molecule has 3 aliphatic heterocycles. The Labute approximate surface area is 253 Å². The zero-order valence-corrected chi connectivity index (χ0v) is 24.6. The molecule has 4 aromatic heterocycles. The van der Waals surface area contributed by atoms with E-state index in [-0.39, 0.29) is 34.2 Å². The third-order valence-electron chi connectivity index (χ3n) is 7.38. The summed E-state index contributed by atoms with van der Waals surface area (Å²) in [4.78, 5) is 65.9. The number of phosphoric ester groups is 2. The average molecular weight is 690 g/mol. The number of aliphatic hydroxyl groups excluding tert-OH is 2. The fraction of sp³-hybridized carbons (Fsp3) is 0.500. The average Bonchev–Trinajstić information content (AvgIpc) is 3.72. The smallest absolute Gasteiger partial charge is 0.386 e. The fourth-order valence-electron chi connectivity index (χ4n) is 5.39. The lowest BCUT2D eigenvalue weighted by molar-refractivity contribution is -0.0664. The third-order valence-corrected chi connectivity index (χ3v) is 9.35. The minimum Gasteiger partial charge on any atom is -0.386 e. The van der Waals surface area contributed by atoms with E-state index >= 15 is 0 Å². The number of aromatic amines is 2. The van der Waals surface area contributed by atoms with Crippen molar-refractivity contribution in [3.63, 3.8) is 0 Å². The summed E-state index contributed by atoms with van der Waals surface area (Å²) in [5.74, 6) is -0.561. The molecule has 46 heavy (non-hydrogen) atoms. The van der Waals surface area contributed by atoms with Crippen molar-refractivity contribution < 1.29 is 56.7 Å². The van der Waals surface area contributed by atoms with Crippen LogP contribution in [0.5, 0.6) is 0 Å². The molecule has 3 saturated heterocycles. The van der Waals surface area contributed by atoms with Crippen molar-refractivity contribution in [3.8, 4) is 0 Å². The number of nitrogen functional groups attached to an aromatic ring is 2. The van der Waals surface area contributed by atoms with Crippen molar-refractivity contribution in [1.29, 1.82) is 0 Å². The van der Waals surface area contributed by atoms with Crippen LogP contribution >= 0.6 is 15.6 Å². The first kappa shape index (κ1) is 31.0. The normalized spacial score (nSPS) is 37.1. The summed E-state index contributed by atoms with van der Waals surface area (Å²) < 4.78 is 60.5. The van der Waals surface area contributed by atoms with E-state index in [1.807, 2.05) is 0 Å². The molecule has 26 heteroatoms. The molecule has 7 heterocycles. The number of nitrogens with one attached hydrogen (secondary N) is 2. The maximum absolute atomic E-state index is 13.1. The Hall–Kier alpha value is -3.64. The fourth-order valence-corrected chi connectivity index (χ4v) is 7.32. The Kier molecular flexibility index (Phi) is 7.39. The van der Waals surface area contributed by atoms with Crippen LogP contribution < -0.4 is 22.6 Å². The molecule has 3 aliphatic rings. The lowest BCUT2D eigenvalue weighted by Gasteiger charge is -2.27.